The zero-order chi connectivity index (χ0) is 13.5. The van der Waals surface area contributed by atoms with Gasteiger partial charge in [-0.2, -0.15) is 0 Å². The number of amides is 2. The van der Waals surface area contributed by atoms with Gasteiger partial charge in [-0.15, -0.1) is 11.3 Å². The summed E-state index contributed by atoms with van der Waals surface area (Å²) in [7, 11) is 0. The Labute approximate surface area is 110 Å². The SMILES string of the molecule is CCN(C(=O)NCc1cscn1)C(C)CC(=O)O. The molecule has 7 heteroatoms. The third kappa shape index (κ3) is 4.33. The highest BCUT2D eigenvalue weighted by Crippen LogP contribution is 2.05. The van der Waals surface area contributed by atoms with Crippen LogP contribution in [0.1, 0.15) is 26.0 Å². The Morgan fingerprint density at radius 2 is 2.33 bits per heavy atom. The molecule has 1 rings (SSSR count). The Balaban J connectivity index is 2.48. The van der Waals surface area contributed by atoms with Crippen LogP contribution in [0.2, 0.25) is 0 Å². The number of urea groups is 1. The average molecular weight is 271 g/mol. The lowest BCUT2D eigenvalue weighted by atomic mass is 10.2. The van der Waals surface area contributed by atoms with Crippen LogP contribution in [-0.4, -0.2) is 39.6 Å². The molecule has 0 aromatic carbocycles. The van der Waals surface area contributed by atoms with E-state index in [1.165, 1.54) is 16.2 Å². The standard InChI is InChI=1S/C11H17N3O3S/c1-3-14(8(2)4-10(15)16)11(17)12-5-9-6-18-7-13-9/h6-8H,3-5H2,1-2H3,(H,12,17)(H,15,16). The number of aromatic nitrogens is 1. The summed E-state index contributed by atoms with van der Waals surface area (Å²) in [5, 5.41) is 13.3. The number of thiazole rings is 1. The van der Waals surface area contributed by atoms with Gasteiger partial charge in [-0.1, -0.05) is 0 Å². The van der Waals surface area contributed by atoms with Crippen LogP contribution in [0.5, 0.6) is 0 Å². The van der Waals surface area contributed by atoms with Crippen LogP contribution in [0.15, 0.2) is 10.9 Å². The van der Waals surface area contributed by atoms with E-state index in [9.17, 15) is 9.59 Å². The molecule has 6 nitrogen and oxygen atoms in total. The van der Waals surface area contributed by atoms with E-state index in [-0.39, 0.29) is 18.5 Å². The van der Waals surface area contributed by atoms with Crippen LogP contribution in [0, 0.1) is 0 Å². The van der Waals surface area contributed by atoms with E-state index in [0.29, 0.717) is 13.1 Å². The molecule has 0 saturated heterocycles. The van der Waals surface area contributed by atoms with Crippen molar-refractivity contribution < 1.29 is 14.7 Å². The number of hydrogen-bond donors (Lipinski definition) is 2. The second kappa shape index (κ2) is 6.95. The Kier molecular flexibility index (Phi) is 5.57. The third-order valence-corrected chi connectivity index (χ3v) is 3.14. The van der Waals surface area contributed by atoms with E-state index in [4.69, 9.17) is 5.11 Å². The van der Waals surface area contributed by atoms with E-state index in [2.05, 4.69) is 10.3 Å². The van der Waals surface area contributed by atoms with Gasteiger partial charge in [-0.25, -0.2) is 9.78 Å². The summed E-state index contributed by atoms with van der Waals surface area (Å²) in [5.74, 6) is -0.909. The zero-order valence-electron chi connectivity index (χ0n) is 10.4. The summed E-state index contributed by atoms with van der Waals surface area (Å²) in [4.78, 5) is 28.1. The minimum atomic E-state index is -0.909. The molecular formula is C11H17N3O3S. The Morgan fingerprint density at radius 1 is 1.61 bits per heavy atom. The monoisotopic (exact) mass is 271 g/mol. The maximum absolute atomic E-state index is 11.9. The fourth-order valence-electron chi connectivity index (χ4n) is 1.61. The number of rotatable bonds is 6. The summed E-state index contributed by atoms with van der Waals surface area (Å²) < 4.78 is 0. The molecule has 0 aliphatic heterocycles. The quantitative estimate of drug-likeness (QED) is 0.822. The van der Waals surface area contributed by atoms with Gasteiger partial charge in [-0.05, 0) is 13.8 Å². The van der Waals surface area contributed by atoms with Crippen molar-refractivity contribution in [3.8, 4) is 0 Å². The molecule has 1 atom stereocenters. The molecule has 18 heavy (non-hydrogen) atoms. The van der Waals surface area contributed by atoms with E-state index in [1.54, 1.807) is 12.4 Å². The second-order valence-corrected chi connectivity index (χ2v) is 4.59. The molecule has 2 amide bonds. The smallest absolute Gasteiger partial charge is 0.317 e. The van der Waals surface area contributed by atoms with E-state index < -0.39 is 5.97 Å². The largest absolute Gasteiger partial charge is 0.481 e. The molecular weight excluding hydrogens is 254 g/mol. The van der Waals surface area contributed by atoms with Crippen molar-refractivity contribution in [3.63, 3.8) is 0 Å². The molecule has 0 radical (unpaired) electrons. The number of carbonyl (C=O) groups is 2. The Hall–Kier alpha value is -1.63. The molecule has 2 N–H and O–H groups in total. The lowest BCUT2D eigenvalue weighted by Gasteiger charge is -2.27. The molecule has 1 heterocycles. The number of nitrogens with one attached hydrogen (secondary N) is 1. The maximum atomic E-state index is 11.9. The number of aliphatic carboxylic acids is 1. The second-order valence-electron chi connectivity index (χ2n) is 3.87. The first-order valence-electron chi connectivity index (χ1n) is 5.68. The van der Waals surface area contributed by atoms with Crippen LogP contribution < -0.4 is 5.32 Å². The molecule has 100 valence electrons. The Bertz CT molecular complexity index is 394. The lowest BCUT2D eigenvalue weighted by molar-refractivity contribution is -0.138. The third-order valence-electron chi connectivity index (χ3n) is 2.51. The summed E-state index contributed by atoms with van der Waals surface area (Å²) in [6.45, 7) is 4.37. The first-order valence-corrected chi connectivity index (χ1v) is 6.62. The lowest BCUT2D eigenvalue weighted by Crippen LogP contribution is -2.45. The fourth-order valence-corrected chi connectivity index (χ4v) is 2.17. The predicted molar refractivity (Wildman–Crippen MR) is 68.4 cm³/mol. The van der Waals surface area contributed by atoms with E-state index in [1.807, 2.05) is 12.3 Å². The minimum absolute atomic E-state index is 0.0576. The van der Waals surface area contributed by atoms with Crippen LogP contribution in [0.4, 0.5) is 4.79 Å². The molecule has 1 aromatic rings. The zero-order valence-corrected chi connectivity index (χ0v) is 11.2. The average Bonchev–Trinajstić information content (AvgIpc) is 2.79. The number of carboxylic acids is 1. The van der Waals surface area contributed by atoms with Crippen molar-refractivity contribution in [3.05, 3.63) is 16.6 Å². The van der Waals surface area contributed by atoms with Crippen molar-refractivity contribution in [1.29, 1.82) is 0 Å². The molecule has 0 aliphatic rings. The first kappa shape index (κ1) is 14.4. The molecule has 0 bridgehead atoms. The first-order chi connectivity index (χ1) is 8.54. The van der Waals surface area contributed by atoms with Crippen molar-refractivity contribution in [2.75, 3.05) is 6.54 Å². The minimum Gasteiger partial charge on any atom is -0.481 e. The van der Waals surface area contributed by atoms with Gasteiger partial charge in [-0.3, -0.25) is 4.79 Å². The maximum Gasteiger partial charge on any atom is 0.317 e. The van der Waals surface area contributed by atoms with Crippen LogP contribution in [0.25, 0.3) is 0 Å². The highest BCUT2D eigenvalue weighted by atomic mass is 32.1. The number of nitrogens with zero attached hydrogens (tertiary/aromatic N) is 2. The van der Waals surface area contributed by atoms with Gasteiger partial charge >= 0.3 is 12.0 Å². The summed E-state index contributed by atoms with van der Waals surface area (Å²) in [6, 6.07) is -0.595. The number of hydrogen-bond acceptors (Lipinski definition) is 4. The van der Waals surface area contributed by atoms with Crippen LogP contribution >= 0.6 is 11.3 Å². The molecule has 1 unspecified atom stereocenters. The van der Waals surface area contributed by atoms with Gasteiger partial charge in [0.05, 0.1) is 24.2 Å². The summed E-state index contributed by atoms with van der Waals surface area (Å²) >= 11 is 1.47. The summed E-state index contributed by atoms with van der Waals surface area (Å²) in [5.41, 5.74) is 2.50. The normalized spacial score (nSPS) is 11.9. The van der Waals surface area contributed by atoms with Crippen molar-refractivity contribution in [2.24, 2.45) is 0 Å². The van der Waals surface area contributed by atoms with Crippen molar-refractivity contribution in [2.45, 2.75) is 32.9 Å². The van der Waals surface area contributed by atoms with Crippen LogP contribution in [-0.2, 0) is 11.3 Å². The molecule has 0 spiro atoms. The van der Waals surface area contributed by atoms with Gasteiger partial charge in [0.1, 0.15) is 0 Å². The van der Waals surface area contributed by atoms with Crippen LogP contribution in [0.3, 0.4) is 0 Å². The fraction of sp³-hybridized carbons (Fsp3) is 0.545. The van der Waals surface area contributed by atoms with Gasteiger partial charge in [0.15, 0.2) is 0 Å². The number of carbonyl (C=O) groups excluding carboxylic acids is 1. The molecule has 0 saturated carbocycles. The Morgan fingerprint density at radius 3 is 2.83 bits per heavy atom. The van der Waals surface area contributed by atoms with Gasteiger partial charge in [0.2, 0.25) is 0 Å². The van der Waals surface area contributed by atoms with E-state index >= 15 is 0 Å². The summed E-state index contributed by atoms with van der Waals surface area (Å²) in [6.07, 6.45) is -0.0576. The molecule has 0 fully saturated rings. The van der Waals surface area contributed by atoms with Crippen molar-refractivity contribution in [1.82, 2.24) is 15.2 Å². The number of carboxylic acid groups (broad SMARTS) is 1. The van der Waals surface area contributed by atoms with Gasteiger partial charge < -0.3 is 15.3 Å². The highest BCUT2D eigenvalue weighted by molar-refractivity contribution is 7.07. The predicted octanol–water partition coefficient (Wildman–Crippen LogP) is 1.54. The van der Waals surface area contributed by atoms with Gasteiger partial charge in [0, 0.05) is 18.0 Å². The van der Waals surface area contributed by atoms with Crippen molar-refractivity contribution >= 4 is 23.3 Å². The topological polar surface area (TPSA) is 82.5 Å². The van der Waals surface area contributed by atoms with Gasteiger partial charge in [0.25, 0.3) is 0 Å². The van der Waals surface area contributed by atoms with E-state index in [0.717, 1.165) is 5.69 Å². The highest BCUT2D eigenvalue weighted by Gasteiger charge is 2.20. The molecule has 0 aliphatic carbocycles. The molecule has 1 aromatic heterocycles.